The third kappa shape index (κ3) is 4.51. The molecule has 0 aliphatic rings. The molecule has 0 fully saturated rings. The molecule has 162 valence electrons. The van der Waals surface area contributed by atoms with Crippen LogP contribution >= 0.6 is 0 Å². The number of rotatable bonds is 7. The standard InChI is InChI=1S/C29H22O4/c30-27-26-24(31-19-21-11-4-1-5-12-21)17-10-18-25(26)33-28(23-15-8-3-9-16-23)29(27)32-20-22-13-6-2-7-14-22/h1-18H,19-20H2. The number of hydrogen-bond acceptors (Lipinski definition) is 4. The highest BCUT2D eigenvalue weighted by atomic mass is 16.5. The summed E-state index contributed by atoms with van der Waals surface area (Å²) in [7, 11) is 0. The van der Waals surface area contributed by atoms with Crippen molar-refractivity contribution in [2.24, 2.45) is 0 Å². The van der Waals surface area contributed by atoms with E-state index in [1.165, 1.54) is 0 Å². The first-order valence-electron chi connectivity index (χ1n) is 10.8. The maximum absolute atomic E-state index is 13.7. The summed E-state index contributed by atoms with van der Waals surface area (Å²) in [6.07, 6.45) is 0. The van der Waals surface area contributed by atoms with Gasteiger partial charge in [-0.1, -0.05) is 97.1 Å². The van der Waals surface area contributed by atoms with Crippen molar-refractivity contribution in [1.82, 2.24) is 0 Å². The Balaban J connectivity index is 1.59. The SMILES string of the molecule is O=c1c(OCc2ccccc2)c(-c2ccccc2)oc2cccc(OCc3ccccc3)c12. The van der Waals surface area contributed by atoms with E-state index in [1.807, 2.05) is 97.1 Å². The van der Waals surface area contributed by atoms with E-state index in [0.29, 0.717) is 29.1 Å². The molecule has 5 aromatic rings. The van der Waals surface area contributed by atoms with E-state index in [9.17, 15) is 4.79 Å². The van der Waals surface area contributed by atoms with Gasteiger partial charge in [0.15, 0.2) is 5.76 Å². The maximum Gasteiger partial charge on any atom is 0.239 e. The van der Waals surface area contributed by atoms with Gasteiger partial charge in [0.05, 0.1) is 0 Å². The van der Waals surface area contributed by atoms with E-state index >= 15 is 0 Å². The highest BCUT2D eigenvalue weighted by Gasteiger charge is 2.20. The Bertz CT molecular complexity index is 1410. The van der Waals surface area contributed by atoms with E-state index < -0.39 is 0 Å². The Morgan fingerprint density at radius 2 is 1.18 bits per heavy atom. The van der Waals surface area contributed by atoms with Gasteiger partial charge in [0.2, 0.25) is 11.2 Å². The van der Waals surface area contributed by atoms with Crippen molar-refractivity contribution < 1.29 is 13.9 Å². The predicted molar refractivity (Wildman–Crippen MR) is 129 cm³/mol. The lowest BCUT2D eigenvalue weighted by atomic mass is 10.1. The Labute approximate surface area is 191 Å². The fourth-order valence-electron chi connectivity index (χ4n) is 3.69. The van der Waals surface area contributed by atoms with Gasteiger partial charge in [-0.3, -0.25) is 4.79 Å². The summed E-state index contributed by atoms with van der Waals surface area (Å²) in [6, 6.07) is 34.5. The Kier molecular flexibility index (Phi) is 5.89. The third-order valence-corrected chi connectivity index (χ3v) is 5.34. The van der Waals surface area contributed by atoms with Gasteiger partial charge in [-0.05, 0) is 23.3 Å². The van der Waals surface area contributed by atoms with E-state index in [0.717, 1.165) is 16.7 Å². The minimum atomic E-state index is -0.255. The zero-order valence-corrected chi connectivity index (χ0v) is 17.9. The number of fused-ring (bicyclic) bond motifs is 1. The largest absolute Gasteiger partial charge is 0.488 e. The normalized spacial score (nSPS) is 10.8. The van der Waals surface area contributed by atoms with Crippen LogP contribution in [-0.4, -0.2) is 0 Å². The molecule has 0 bridgehead atoms. The lowest BCUT2D eigenvalue weighted by molar-refractivity contribution is 0.295. The molecule has 0 spiro atoms. The van der Waals surface area contributed by atoms with Crippen molar-refractivity contribution in [3.05, 3.63) is 131 Å². The van der Waals surface area contributed by atoms with Gasteiger partial charge in [0.25, 0.3) is 0 Å². The summed E-state index contributed by atoms with van der Waals surface area (Å²) < 4.78 is 18.3. The van der Waals surface area contributed by atoms with Gasteiger partial charge >= 0.3 is 0 Å². The monoisotopic (exact) mass is 434 g/mol. The molecule has 4 nitrogen and oxygen atoms in total. The van der Waals surface area contributed by atoms with Crippen LogP contribution in [-0.2, 0) is 13.2 Å². The summed E-state index contributed by atoms with van der Waals surface area (Å²) >= 11 is 0. The molecule has 5 rings (SSSR count). The quantitative estimate of drug-likeness (QED) is 0.289. The summed E-state index contributed by atoms with van der Waals surface area (Å²) in [6.45, 7) is 0.601. The molecule has 0 radical (unpaired) electrons. The number of ether oxygens (including phenoxy) is 2. The van der Waals surface area contributed by atoms with Crippen molar-refractivity contribution >= 4 is 11.0 Å². The number of benzene rings is 4. The molecule has 0 saturated heterocycles. The topological polar surface area (TPSA) is 48.7 Å². The second-order valence-corrected chi connectivity index (χ2v) is 7.63. The lowest BCUT2D eigenvalue weighted by Gasteiger charge is -2.14. The zero-order valence-electron chi connectivity index (χ0n) is 17.9. The lowest BCUT2D eigenvalue weighted by Crippen LogP contribution is -2.11. The van der Waals surface area contributed by atoms with Gasteiger partial charge in [-0.15, -0.1) is 0 Å². The van der Waals surface area contributed by atoms with Crippen molar-refractivity contribution in [3.8, 4) is 22.8 Å². The summed E-state index contributed by atoms with van der Waals surface area (Å²) in [5.74, 6) is 1.05. The molecule has 4 aromatic carbocycles. The van der Waals surface area contributed by atoms with E-state index in [2.05, 4.69) is 0 Å². The highest BCUT2D eigenvalue weighted by molar-refractivity contribution is 5.87. The van der Waals surface area contributed by atoms with Crippen LogP contribution in [0.1, 0.15) is 11.1 Å². The van der Waals surface area contributed by atoms with Crippen molar-refractivity contribution in [2.45, 2.75) is 13.2 Å². The minimum Gasteiger partial charge on any atom is -0.488 e. The number of hydrogen-bond donors (Lipinski definition) is 0. The van der Waals surface area contributed by atoms with Gasteiger partial charge in [0, 0.05) is 5.56 Å². The van der Waals surface area contributed by atoms with E-state index in [4.69, 9.17) is 13.9 Å². The predicted octanol–water partition coefficient (Wildman–Crippen LogP) is 6.62. The molecule has 0 atom stereocenters. The molecule has 0 N–H and O–H groups in total. The maximum atomic E-state index is 13.7. The van der Waals surface area contributed by atoms with Crippen LogP contribution in [0.3, 0.4) is 0 Å². The first kappa shape index (κ1) is 20.6. The molecule has 0 aliphatic carbocycles. The van der Waals surface area contributed by atoms with Crippen LogP contribution in [0.4, 0.5) is 0 Å². The molecule has 1 heterocycles. The zero-order chi connectivity index (χ0) is 22.5. The minimum absolute atomic E-state index is 0.174. The van der Waals surface area contributed by atoms with Crippen molar-refractivity contribution in [3.63, 3.8) is 0 Å². The molecule has 0 amide bonds. The van der Waals surface area contributed by atoms with E-state index in [-0.39, 0.29) is 17.8 Å². The Hall–Kier alpha value is -4.31. The van der Waals surface area contributed by atoms with Crippen LogP contribution in [0.25, 0.3) is 22.3 Å². The summed E-state index contributed by atoms with van der Waals surface area (Å²) in [4.78, 5) is 13.7. The van der Waals surface area contributed by atoms with Crippen LogP contribution in [0.15, 0.2) is 118 Å². The molecule has 33 heavy (non-hydrogen) atoms. The molecule has 0 saturated carbocycles. The van der Waals surface area contributed by atoms with Crippen LogP contribution in [0, 0.1) is 0 Å². The second kappa shape index (κ2) is 9.45. The Morgan fingerprint density at radius 1 is 0.606 bits per heavy atom. The summed E-state index contributed by atoms with van der Waals surface area (Å²) in [5.41, 5.74) is 2.95. The van der Waals surface area contributed by atoms with Crippen LogP contribution < -0.4 is 14.9 Å². The molecule has 0 aliphatic heterocycles. The van der Waals surface area contributed by atoms with Gasteiger partial charge in [-0.2, -0.15) is 0 Å². The first-order valence-corrected chi connectivity index (χ1v) is 10.8. The second-order valence-electron chi connectivity index (χ2n) is 7.63. The fourth-order valence-corrected chi connectivity index (χ4v) is 3.69. The summed E-state index contributed by atoms with van der Waals surface area (Å²) in [5, 5.41) is 0.371. The third-order valence-electron chi connectivity index (χ3n) is 5.34. The Morgan fingerprint density at radius 3 is 1.82 bits per heavy atom. The first-order chi connectivity index (χ1) is 16.3. The van der Waals surface area contributed by atoms with Crippen molar-refractivity contribution in [1.29, 1.82) is 0 Å². The van der Waals surface area contributed by atoms with E-state index in [1.54, 1.807) is 12.1 Å². The smallest absolute Gasteiger partial charge is 0.239 e. The molecule has 0 unspecified atom stereocenters. The van der Waals surface area contributed by atoms with Gasteiger partial charge in [0.1, 0.15) is 29.9 Å². The molecular weight excluding hydrogens is 412 g/mol. The fraction of sp³-hybridized carbons (Fsp3) is 0.0690. The van der Waals surface area contributed by atoms with Gasteiger partial charge < -0.3 is 13.9 Å². The highest BCUT2D eigenvalue weighted by Crippen LogP contribution is 2.34. The van der Waals surface area contributed by atoms with Crippen molar-refractivity contribution in [2.75, 3.05) is 0 Å². The molecule has 4 heteroatoms. The van der Waals surface area contributed by atoms with Gasteiger partial charge in [-0.25, -0.2) is 0 Å². The molecule has 1 aromatic heterocycles. The average molecular weight is 434 g/mol. The average Bonchev–Trinajstić information content (AvgIpc) is 2.88. The molecular formula is C29H22O4. The van der Waals surface area contributed by atoms with Crippen LogP contribution in [0.5, 0.6) is 11.5 Å². The van der Waals surface area contributed by atoms with Crippen LogP contribution in [0.2, 0.25) is 0 Å².